The molecule has 1 aromatic heterocycles. The highest BCUT2D eigenvalue weighted by atomic mass is 19.1. The van der Waals surface area contributed by atoms with Gasteiger partial charge in [0.25, 0.3) is 0 Å². The standard InChI is InChI=1S/C21H24FN5O2/c1-13-4-6-17(16(22)10-13)24-14-5-7-19(28)15(11-14)18-12-20(26-21(23)25-18)27(2)8-9-29-3/h4-7,10-12,24,28H,8-9H2,1-3H3,(H2,23,25,26). The highest BCUT2D eigenvalue weighted by molar-refractivity contribution is 5.75. The Kier molecular flexibility index (Phi) is 6.13. The number of hydrogen-bond donors (Lipinski definition) is 3. The van der Waals surface area contributed by atoms with E-state index in [4.69, 9.17) is 10.5 Å². The van der Waals surface area contributed by atoms with Crippen LogP contribution in [0.3, 0.4) is 0 Å². The first kappa shape index (κ1) is 20.3. The number of nitrogen functional groups attached to an aromatic ring is 1. The van der Waals surface area contributed by atoms with Gasteiger partial charge in [-0.1, -0.05) is 6.07 Å². The van der Waals surface area contributed by atoms with Crippen LogP contribution in [0.1, 0.15) is 5.56 Å². The Hall–Kier alpha value is -3.39. The molecular weight excluding hydrogens is 373 g/mol. The maximum absolute atomic E-state index is 14.2. The number of rotatable bonds is 7. The second kappa shape index (κ2) is 8.74. The molecule has 0 aliphatic rings. The third kappa shape index (κ3) is 4.91. The van der Waals surface area contributed by atoms with Gasteiger partial charge in [0.15, 0.2) is 0 Å². The van der Waals surface area contributed by atoms with Crippen LogP contribution >= 0.6 is 0 Å². The highest BCUT2D eigenvalue weighted by Crippen LogP contribution is 2.33. The zero-order chi connectivity index (χ0) is 21.0. The van der Waals surface area contributed by atoms with Crippen molar-refractivity contribution in [2.45, 2.75) is 6.92 Å². The molecule has 7 nitrogen and oxygen atoms in total. The number of aromatic nitrogens is 2. The molecule has 0 saturated heterocycles. The fourth-order valence-electron chi connectivity index (χ4n) is 2.82. The van der Waals surface area contributed by atoms with Crippen molar-refractivity contribution in [3.63, 3.8) is 0 Å². The lowest BCUT2D eigenvalue weighted by Crippen LogP contribution is -2.23. The number of nitrogens with zero attached hydrogens (tertiary/aromatic N) is 3. The van der Waals surface area contributed by atoms with Gasteiger partial charge in [-0.25, -0.2) is 9.37 Å². The van der Waals surface area contributed by atoms with Crippen molar-refractivity contribution in [1.29, 1.82) is 0 Å². The quantitative estimate of drug-likeness (QED) is 0.523. The normalized spacial score (nSPS) is 10.8. The minimum Gasteiger partial charge on any atom is -0.507 e. The minimum absolute atomic E-state index is 0.0310. The molecular formula is C21H24FN5O2. The van der Waals surface area contributed by atoms with Crippen LogP contribution in [0.2, 0.25) is 0 Å². The lowest BCUT2D eigenvalue weighted by molar-refractivity contribution is 0.206. The molecule has 0 spiro atoms. The molecule has 4 N–H and O–H groups in total. The zero-order valence-corrected chi connectivity index (χ0v) is 16.6. The van der Waals surface area contributed by atoms with E-state index < -0.39 is 0 Å². The molecule has 0 amide bonds. The average Bonchev–Trinajstić information content (AvgIpc) is 2.69. The van der Waals surface area contributed by atoms with Crippen LogP contribution < -0.4 is 16.0 Å². The van der Waals surface area contributed by atoms with Gasteiger partial charge in [-0.3, -0.25) is 0 Å². The number of aromatic hydroxyl groups is 1. The summed E-state index contributed by atoms with van der Waals surface area (Å²) in [4.78, 5) is 10.4. The number of phenolic OH excluding ortho intramolecular Hbond substituents is 1. The van der Waals surface area contributed by atoms with Gasteiger partial charge in [0.2, 0.25) is 5.95 Å². The third-order valence-corrected chi connectivity index (χ3v) is 4.43. The molecule has 0 fully saturated rings. The molecule has 0 saturated carbocycles. The van der Waals surface area contributed by atoms with Gasteiger partial charge in [-0.2, -0.15) is 4.98 Å². The smallest absolute Gasteiger partial charge is 0.222 e. The average molecular weight is 397 g/mol. The molecule has 8 heteroatoms. The zero-order valence-electron chi connectivity index (χ0n) is 16.6. The summed E-state index contributed by atoms with van der Waals surface area (Å²) in [6, 6.07) is 11.6. The van der Waals surface area contributed by atoms with E-state index in [1.165, 1.54) is 12.1 Å². The number of phenols is 1. The van der Waals surface area contributed by atoms with Gasteiger partial charge < -0.3 is 25.8 Å². The first-order chi connectivity index (χ1) is 13.9. The van der Waals surface area contributed by atoms with E-state index in [0.29, 0.717) is 41.6 Å². The Bertz CT molecular complexity index is 1010. The molecule has 3 aromatic rings. The summed E-state index contributed by atoms with van der Waals surface area (Å²) >= 11 is 0. The first-order valence-corrected chi connectivity index (χ1v) is 9.08. The van der Waals surface area contributed by atoms with E-state index in [0.717, 1.165) is 5.56 Å². The van der Waals surface area contributed by atoms with Gasteiger partial charge in [-0.15, -0.1) is 0 Å². The highest BCUT2D eigenvalue weighted by Gasteiger charge is 2.13. The Morgan fingerprint density at radius 2 is 1.97 bits per heavy atom. The number of methoxy groups -OCH3 is 1. The maximum atomic E-state index is 14.2. The van der Waals surface area contributed by atoms with Gasteiger partial charge in [-0.05, 0) is 42.8 Å². The Labute approximate surface area is 169 Å². The number of nitrogens with one attached hydrogen (secondary N) is 1. The molecule has 0 unspecified atom stereocenters. The lowest BCUT2D eigenvalue weighted by atomic mass is 10.1. The summed E-state index contributed by atoms with van der Waals surface area (Å²) in [6.45, 7) is 2.97. The van der Waals surface area contributed by atoms with Gasteiger partial charge >= 0.3 is 0 Å². The van der Waals surface area contributed by atoms with Gasteiger partial charge in [0, 0.05) is 38.0 Å². The fraction of sp³-hybridized carbons (Fsp3) is 0.238. The van der Waals surface area contributed by atoms with E-state index in [-0.39, 0.29) is 17.5 Å². The van der Waals surface area contributed by atoms with E-state index in [1.54, 1.807) is 31.4 Å². The molecule has 0 bridgehead atoms. The molecule has 3 rings (SSSR count). The summed E-state index contributed by atoms with van der Waals surface area (Å²) in [5.74, 6) is 0.368. The summed E-state index contributed by atoms with van der Waals surface area (Å²) in [5, 5.41) is 13.4. The molecule has 0 atom stereocenters. The Morgan fingerprint density at radius 1 is 1.17 bits per heavy atom. The summed E-state index contributed by atoms with van der Waals surface area (Å²) < 4.78 is 19.3. The van der Waals surface area contributed by atoms with Crippen molar-refractivity contribution < 1.29 is 14.2 Å². The van der Waals surface area contributed by atoms with Crippen LogP contribution in [0.5, 0.6) is 5.75 Å². The van der Waals surface area contributed by atoms with Crippen molar-refractivity contribution in [1.82, 2.24) is 9.97 Å². The molecule has 0 aliphatic carbocycles. The lowest BCUT2D eigenvalue weighted by Gasteiger charge is -2.19. The number of halogens is 1. The van der Waals surface area contributed by atoms with Crippen LogP contribution in [-0.4, -0.2) is 42.4 Å². The van der Waals surface area contributed by atoms with E-state index >= 15 is 0 Å². The van der Waals surface area contributed by atoms with Crippen molar-refractivity contribution in [2.24, 2.45) is 0 Å². The second-order valence-electron chi connectivity index (χ2n) is 6.72. The van der Waals surface area contributed by atoms with Crippen molar-refractivity contribution in [3.8, 4) is 17.0 Å². The summed E-state index contributed by atoms with van der Waals surface area (Å²) in [5.41, 5.74) is 8.58. The van der Waals surface area contributed by atoms with Crippen LogP contribution in [0.25, 0.3) is 11.3 Å². The number of ether oxygens (including phenoxy) is 1. The Morgan fingerprint density at radius 3 is 2.69 bits per heavy atom. The first-order valence-electron chi connectivity index (χ1n) is 9.08. The number of likely N-dealkylation sites (N-methyl/N-ethyl adjacent to an activating group) is 1. The summed E-state index contributed by atoms with van der Waals surface area (Å²) in [7, 11) is 3.49. The largest absolute Gasteiger partial charge is 0.507 e. The van der Waals surface area contributed by atoms with Crippen molar-refractivity contribution >= 4 is 23.1 Å². The van der Waals surface area contributed by atoms with Crippen molar-refractivity contribution in [2.75, 3.05) is 43.3 Å². The van der Waals surface area contributed by atoms with Gasteiger partial charge in [0.1, 0.15) is 17.4 Å². The van der Waals surface area contributed by atoms with Crippen LogP contribution in [0, 0.1) is 12.7 Å². The monoisotopic (exact) mass is 397 g/mol. The SMILES string of the molecule is COCCN(C)c1cc(-c2cc(Nc3ccc(C)cc3F)ccc2O)nc(N)n1. The number of hydrogen-bond acceptors (Lipinski definition) is 7. The maximum Gasteiger partial charge on any atom is 0.222 e. The predicted octanol–water partition coefficient (Wildman–Crippen LogP) is 3.71. The van der Waals surface area contributed by atoms with E-state index in [9.17, 15) is 9.50 Å². The van der Waals surface area contributed by atoms with Crippen LogP contribution in [-0.2, 0) is 4.74 Å². The molecule has 0 radical (unpaired) electrons. The number of nitrogens with two attached hydrogens (primary N) is 1. The molecule has 2 aromatic carbocycles. The van der Waals surface area contributed by atoms with Gasteiger partial charge in [0.05, 0.1) is 18.0 Å². The van der Waals surface area contributed by atoms with Crippen LogP contribution in [0.4, 0.5) is 27.5 Å². The topological polar surface area (TPSA) is 96.5 Å². The molecule has 1 heterocycles. The van der Waals surface area contributed by atoms with Crippen molar-refractivity contribution in [3.05, 3.63) is 53.8 Å². The Balaban J connectivity index is 1.94. The third-order valence-electron chi connectivity index (χ3n) is 4.43. The van der Waals surface area contributed by atoms with E-state index in [2.05, 4.69) is 15.3 Å². The predicted molar refractivity (Wildman–Crippen MR) is 113 cm³/mol. The fourth-order valence-corrected chi connectivity index (χ4v) is 2.82. The molecule has 152 valence electrons. The van der Waals surface area contributed by atoms with E-state index in [1.807, 2.05) is 24.9 Å². The number of anilines is 4. The number of aryl methyl sites for hydroxylation is 1. The number of benzene rings is 2. The van der Waals surface area contributed by atoms with Crippen LogP contribution in [0.15, 0.2) is 42.5 Å². The minimum atomic E-state index is -0.354. The second-order valence-corrected chi connectivity index (χ2v) is 6.72. The summed E-state index contributed by atoms with van der Waals surface area (Å²) in [6.07, 6.45) is 0. The molecule has 0 aliphatic heterocycles. The molecule has 29 heavy (non-hydrogen) atoms.